The van der Waals surface area contributed by atoms with Gasteiger partial charge in [0, 0.05) is 6.42 Å². The zero-order valence-electron chi connectivity index (χ0n) is 16.1. The Hall–Kier alpha value is -3.43. The van der Waals surface area contributed by atoms with E-state index >= 15 is 0 Å². The Labute approximate surface area is 169 Å². The van der Waals surface area contributed by atoms with E-state index in [-0.39, 0.29) is 35.8 Å². The second kappa shape index (κ2) is 8.52. The molecule has 0 aliphatic rings. The van der Waals surface area contributed by atoms with E-state index < -0.39 is 11.9 Å². The van der Waals surface area contributed by atoms with Gasteiger partial charge in [0.1, 0.15) is 23.6 Å². The van der Waals surface area contributed by atoms with Gasteiger partial charge in [-0.3, -0.25) is 9.59 Å². The quantitative estimate of drug-likeness (QED) is 0.581. The first-order chi connectivity index (χ1) is 14.2. The van der Waals surface area contributed by atoms with Gasteiger partial charge in [-0.2, -0.15) is 0 Å². The molecule has 1 heterocycles. The highest BCUT2D eigenvalue weighted by molar-refractivity contribution is 5.81. The number of benzene rings is 2. The number of ketones is 1. The lowest BCUT2D eigenvalue weighted by atomic mass is 9.95. The Kier molecular flexibility index (Phi) is 6.04. The van der Waals surface area contributed by atoms with Crippen molar-refractivity contribution in [3.8, 4) is 11.5 Å². The van der Waals surface area contributed by atoms with E-state index in [1.807, 2.05) is 0 Å². The topological polar surface area (TPSA) is 83.3 Å². The molecule has 3 rings (SSSR count). The van der Waals surface area contributed by atoms with Crippen LogP contribution in [-0.4, -0.2) is 34.2 Å². The maximum Gasteiger partial charge on any atom is 0.573 e. The third-order valence-electron chi connectivity index (χ3n) is 4.47. The minimum atomic E-state index is -4.76. The van der Waals surface area contributed by atoms with Gasteiger partial charge in [0.05, 0.1) is 12.5 Å². The number of hydrogen-bond donors (Lipinski definition) is 0. The number of aromatic nitrogens is 3. The summed E-state index contributed by atoms with van der Waals surface area (Å²) in [4.78, 5) is 25.0. The lowest BCUT2D eigenvalue weighted by Gasteiger charge is -2.13. The van der Waals surface area contributed by atoms with E-state index in [4.69, 9.17) is 4.74 Å². The van der Waals surface area contributed by atoms with Crippen LogP contribution in [0.5, 0.6) is 11.5 Å². The van der Waals surface area contributed by atoms with Crippen molar-refractivity contribution in [1.29, 1.82) is 0 Å². The number of methoxy groups -OCH3 is 1. The van der Waals surface area contributed by atoms with Gasteiger partial charge in [-0.25, -0.2) is 4.68 Å². The number of ether oxygens (including phenoxy) is 2. The van der Waals surface area contributed by atoms with Crippen LogP contribution in [0.4, 0.5) is 13.2 Å². The molecule has 0 radical (unpaired) electrons. The first-order valence-electron chi connectivity index (χ1n) is 8.95. The van der Waals surface area contributed by atoms with Crippen LogP contribution >= 0.6 is 0 Å². The van der Waals surface area contributed by atoms with Crippen LogP contribution in [0.1, 0.15) is 24.8 Å². The van der Waals surface area contributed by atoms with Crippen molar-refractivity contribution < 1.29 is 27.4 Å². The van der Waals surface area contributed by atoms with Gasteiger partial charge >= 0.3 is 6.36 Å². The summed E-state index contributed by atoms with van der Waals surface area (Å²) in [6, 6.07) is 10.1. The molecular formula is C20H18F3N3O4. The van der Waals surface area contributed by atoms with Crippen molar-refractivity contribution in [2.24, 2.45) is 0 Å². The number of alkyl halides is 3. The minimum absolute atomic E-state index is 0.0732. The van der Waals surface area contributed by atoms with Gasteiger partial charge in [-0.15, -0.1) is 18.3 Å². The molecule has 0 fully saturated rings. The number of hydrogen-bond acceptors (Lipinski definition) is 6. The summed E-state index contributed by atoms with van der Waals surface area (Å²) < 4.78 is 46.6. The predicted octanol–water partition coefficient (Wildman–Crippen LogP) is 3.46. The van der Waals surface area contributed by atoms with Crippen molar-refractivity contribution in [1.82, 2.24) is 15.0 Å². The molecular weight excluding hydrogens is 403 g/mol. The van der Waals surface area contributed by atoms with Gasteiger partial charge < -0.3 is 9.47 Å². The Morgan fingerprint density at radius 2 is 1.80 bits per heavy atom. The molecule has 0 saturated heterocycles. The molecule has 0 amide bonds. The molecule has 0 bridgehead atoms. The number of fused-ring (bicyclic) bond motifs is 1. The average molecular weight is 421 g/mol. The molecule has 0 aliphatic heterocycles. The highest BCUT2D eigenvalue weighted by Gasteiger charge is 2.31. The predicted molar refractivity (Wildman–Crippen MR) is 102 cm³/mol. The first kappa shape index (κ1) is 21.3. The zero-order chi connectivity index (χ0) is 21.9. The summed E-state index contributed by atoms with van der Waals surface area (Å²) >= 11 is 0. The second-order valence-electron chi connectivity index (χ2n) is 6.70. The number of rotatable bonds is 7. The molecule has 2 aromatic carbocycles. The highest BCUT2D eigenvalue weighted by Crippen LogP contribution is 2.26. The minimum Gasteiger partial charge on any atom is -0.497 e. The Bertz CT molecular complexity index is 1110. The van der Waals surface area contributed by atoms with Crippen molar-refractivity contribution in [3.63, 3.8) is 0 Å². The standard InChI is InChI=1S/C20H18F3N3O4/c1-12(13-3-5-15(6-4-13)30-20(21,22)23)9-14(27)11-26-19(28)17-10-16(29-2)7-8-18(17)24-25-26/h3-8,10,12H,9,11H2,1-2H3/t12-/m1/s1. The smallest absolute Gasteiger partial charge is 0.497 e. The summed E-state index contributed by atoms with van der Waals surface area (Å²) in [5.74, 6) is -0.395. The third kappa shape index (κ3) is 5.13. The number of carbonyl (C=O) groups is 1. The normalized spacial score (nSPS) is 12.6. The van der Waals surface area contributed by atoms with Crippen molar-refractivity contribution in [2.75, 3.05) is 7.11 Å². The monoisotopic (exact) mass is 421 g/mol. The first-order valence-corrected chi connectivity index (χ1v) is 8.95. The summed E-state index contributed by atoms with van der Waals surface area (Å²) in [6.07, 6.45) is -4.69. The fraction of sp³-hybridized carbons (Fsp3) is 0.300. The van der Waals surface area contributed by atoms with Crippen LogP contribution in [0.2, 0.25) is 0 Å². The van der Waals surface area contributed by atoms with E-state index in [1.165, 1.54) is 37.4 Å². The zero-order valence-corrected chi connectivity index (χ0v) is 16.1. The van der Waals surface area contributed by atoms with Gasteiger partial charge in [0.2, 0.25) is 0 Å². The lowest BCUT2D eigenvalue weighted by Crippen LogP contribution is -2.28. The van der Waals surface area contributed by atoms with E-state index in [9.17, 15) is 22.8 Å². The van der Waals surface area contributed by atoms with Gasteiger partial charge in [-0.05, 0) is 41.8 Å². The molecule has 0 aliphatic carbocycles. The van der Waals surface area contributed by atoms with Crippen LogP contribution in [0.25, 0.3) is 10.9 Å². The van der Waals surface area contributed by atoms with Crippen LogP contribution in [0, 0.1) is 0 Å². The SMILES string of the molecule is COc1ccc2nnn(CC(=O)C[C@@H](C)c3ccc(OC(F)(F)F)cc3)c(=O)c2c1. The molecule has 30 heavy (non-hydrogen) atoms. The molecule has 158 valence electrons. The van der Waals surface area contributed by atoms with Gasteiger partial charge in [0.15, 0.2) is 5.78 Å². The third-order valence-corrected chi connectivity index (χ3v) is 4.47. The van der Waals surface area contributed by atoms with Gasteiger partial charge in [0.25, 0.3) is 5.56 Å². The van der Waals surface area contributed by atoms with E-state index in [0.29, 0.717) is 16.8 Å². The van der Waals surface area contributed by atoms with Crippen molar-refractivity contribution in [3.05, 3.63) is 58.4 Å². The van der Waals surface area contributed by atoms with Crippen LogP contribution < -0.4 is 15.0 Å². The summed E-state index contributed by atoms with van der Waals surface area (Å²) in [5, 5.41) is 8.03. The Balaban J connectivity index is 1.69. The fourth-order valence-corrected chi connectivity index (χ4v) is 2.97. The Morgan fingerprint density at radius 1 is 1.13 bits per heavy atom. The summed E-state index contributed by atoms with van der Waals surface area (Å²) in [5.41, 5.74) is 0.590. The van der Waals surface area contributed by atoms with Crippen LogP contribution in [0.15, 0.2) is 47.3 Å². The maximum absolute atomic E-state index is 12.6. The molecule has 1 atom stereocenters. The number of halogens is 3. The van der Waals surface area contributed by atoms with Crippen molar-refractivity contribution in [2.45, 2.75) is 32.2 Å². The number of carbonyl (C=O) groups excluding carboxylic acids is 1. The number of Topliss-reactive ketones (excluding diaryl/α,β-unsaturated/α-hetero) is 1. The summed E-state index contributed by atoms with van der Waals surface area (Å²) in [6.45, 7) is 1.50. The maximum atomic E-state index is 12.6. The van der Waals surface area contributed by atoms with E-state index in [1.54, 1.807) is 19.1 Å². The molecule has 3 aromatic rings. The molecule has 0 unspecified atom stereocenters. The average Bonchev–Trinajstić information content (AvgIpc) is 2.69. The highest BCUT2D eigenvalue weighted by atomic mass is 19.4. The van der Waals surface area contributed by atoms with Gasteiger partial charge in [-0.1, -0.05) is 24.3 Å². The van der Waals surface area contributed by atoms with Crippen molar-refractivity contribution >= 4 is 16.7 Å². The van der Waals surface area contributed by atoms with E-state index in [0.717, 1.165) is 4.68 Å². The molecule has 0 N–H and O–H groups in total. The van der Waals surface area contributed by atoms with E-state index in [2.05, 4.69) is 15.0 Å². The molecule has 0 saturated carbocycles. The van der Waals surface area contributed by atoms with Crippen LogP contribution in [0.3, 0.4) is 0 Å². The molecule has 0 spiro atoms. The largest absolute Gasteiger partial charge is 0.573 e. The summed E-state index contributed by atoms with van der Waals surface area (Å²) in [7, 11) is 1.47. The second-order valence-corrected chi connectivity index (χ2v) is 6.70. The van der Waals surface area contributed by atoms with Crippen LogP contribution in [-0.2, 0) is 11.3 Å². The molecule has 1 aromatic heterocycles. The molecule has 7 nitrogen and oxygen atoms in total. The Morgan fingerprint density at radius 3 is 2.43 bits per heavy atom. The molecule has 10 heteroatoms. The number of nitrogens with zero attached hydrogens (tertiary/aromatic N) is 3. The lowest BCUT2D eigenvalue weighted by molar-refractivity contribution is -0.274. The fourth-order valence-electron chi connectivity index (χ4n) is 2.97.